The second-order valence-corrected chi connectivity index (χ2v) is 5.52. The maximum absolute atomic E-state index is 12.3. The van der Waals surface area contributed by atoms with E-state index in [0.29, 0.717) is 19.1 Å². The predicted molar refractivity (Wildman–Crippen MR) is 82.4 cm³/mol. The third kappa shape index (κ3) is 3.58. The number of carbonyl (C=O) groups excluding carboxylic acids is 1. The van der Waals surface area contributed by atoms with Gasteiger partial charge in [-0.3, -0.25) is 4.79 Å². The monoisotopic (exact) mass is 317 g/mol. The SMILES string of the molecule is CCc1cnc(OC2CCCN(C(=O)c3c[nH]c(=O)[nH]3)C2)nc1. The first-order valence-electron chi connectivity index (χ1n) is 7.70. The zero-order chi connectivity index (χ0) is 16.2. The van der Waals surface area contributed by atoms with Crippen LogP contribution in [0.2, 0.25) is 0 Å². The number of aromatic amines is 2. The number of likely N-dealkylation sites (tertiary alicyclic amines) is 1. The van der Waals surface area contributed by atoms with E-state index >= 15 is 0 Å². The Morgan fingerprint density at radius 1 is 1.43 bits per heavy atom. The molecule has 0 aromatic carbocycles. The van der Waals surface area contributed by atoms with Crippen LogP contribution in [0.4, 0.5) is 0 Å². The van der Waals surface area contributed by atoms with Gasteiger partial charge in [-0.05, 0) is 24.8 Å². The van der Waals surface area contributed by atoms with Crippen molar-refractivity contribution in [3.05, 3.63) is 40.3 Å². The van der Waals surface area contributed by atoms with Crippen LogP contribution in [-0.2, 0) is 6.42 Å². The van der Waals surface area contributed by atoms with Gasteiger partial charge in [0.15, 0.2) is 0 Å². The number of piperidine rings is 1. The number of hydrogen-bond acceptors (Lipinski definition) is 5. The molecule has 1 fully saturated rings. The fraction of sp³-hybridized carbons (Fsp3) is 0.467. The first-order chi connectivity index (χ1) is 11.2. The molecule has 1 aliphatic heterocycles. The van der Waals surface area contributed by atoms with E-state index in [-0.39, 0.29) is 23.4 Å². The molecule has 1 unspecified atom stereocenters. The Hall–Kier alpha value is -2.64. The summed E-state index contributed by atoms with van der Waals surface area (Å²) >= 11 is 0. The second-order valence-electron chi connectivity index (χ2n) is 5.52. The lowest BCUT2D eigenvalue weighted by Gasteiger charge is -2.32. The molecule has 2 aromatic rings. The lowest BCUT2D eigenvalue weighted by molar-refractivity contribution is 0.0511. The van der Waals surface area contributed by atoms with Crippen molar-refractivity contribution < 1.29 is 9.53 Å². The topological polar surface area (TPSA) is 104 Å². The molecule has 0 bridgehead atoms. The number of imidazole rings is 1. The fourth-order valence-electron chi connectivity index (χ4n) is 2.57. The summed E-state index contributed by atoms with van der Waals surface area (Å²) in [5.74, 6) is -0.209. The molecule has 0 radical (unpaired) electrons. The summed E-state index contributed by atoms with van der Waals surface area (Å²) in [6.07, 6.45) is 7.29. The molecule has 0 saturated carbocycles. The summed E-state index contributed by atoms with van der Waals surface area (Å²) in [6, 6.07) is 0.330. The Bertz CT molecular complexity index is 721. The maximum Gasteiger partial charge on any atom is 0.323 e. The molecule has 0 aliphatic carbocycles. The van der Waals surface area contributed by atoms with Crippen LogP contribution < -0.4 is 10.4 Å². The van der Waals surface area contributed by atoms with Crippen molar-refractivity contribution in [2.75, 3.05) is 13.1 Å². The number of carbonyl (C=O) groups is 1. The van der Waals surface area contributed by atoms with Gasteiger partial charge in [-0.15, -0.1) is 0 Å². The van der Waals surface area contributed by atoms with E-state index in [2.05, 4.69) is 19.9 Å². The largest absolute Gasteiger partial charge is 0.458 e. The van der Waals surface area contributed by atoms with Gasteiger partial charge in [0.05, 0.1) is 6.54 Å². The highest BCUT2D eigenvalue weighted by Crippen LogP contribution is 2.16. The summed E-state index contributed by atoms with van der Waals surface area (Å²) < 4.78 is 5.78. The quantitative estimate of drug-likeness (QED) is 0.865. The average molecular weight is 317 g/mol. The average Bonchev–Trinajstić information content (AvgIpc) is 3.01. The van der Waals surface area contributed by atoms with Crippen LogP contribution in [0.3, 0.4) is 0 Å². The van der Waals surface area contributed by atoms with Gasteiger partial charge in [0.2, 0.25) is 0 Å². The van der Waals surface area contributed by atoms with Crippen molar-refractivity contribution >= 4 is 5.91 Å². The van der Waals surface area contributed by atoms with E-state index in [1.165, 1.54) is 6.20 Å². The third-order valence-corrected chi connectivity index (χ3v) is 3.85. The highest BCUT2D eigenvalue weighted by molar-refractivity contribution is 5.92. The van der Waals surface area contributed by atoms with E-state index < -0.39 is 0 Å². The lowest BCUT2D eigenvalue weighted by atomic mass is 10.1. The van der Waals surface area contributed by atoms with E-state index in [4.69, 9.17) is 4.74 Å². The van der Waals surface area contributed by atoms with Gasteiger partial charge in [0.25, 0.3) is 5.91 Å². The Morgan fingerprint density at radius 3 is 2.87 bits per heavy atom. The van der Waals surface area contributed by atoms with E-state index in [1.54, 1.807) is 17.3 Å². The molecule has 1 atom stereocenters. The number of aromatic nitrogens is 4. The fourth-order valence-corrected chi connectivity index (χ4v) is 2.57. The van der Waals surface area contributed by atoms with Crippen molar-refractivity contribution in [1.29, 1.82) is 0 Å². The summed E-state index contributed by atoms with van der Waals surface area (Å²) in [5.41, 5.74) is 0.927. The lowest BCUT2D eigenvalue weighted by Crippen LogP contribution is -2.44. The minimum absolute atomic E-state index is 0.147. The number of ether oxygens (including phenoxy) is 1. The first-order valence-corrected chi connectivity index (χ1v) is 7.70. The summed E-state index contributed by atoms with van der Waals surface area (Å²) in [7, 11) is 0. The van der Waals surface area contributed by atoms with Crippen LogP contribution in [0.5, 0.6) is 6.01 Å². The maximum atomic E-state index is 12.3. The van der Waals surface area contributed by atoms with Crippen LogP contribution in [0, 0.1) is 0 Å². The highest BCUT2D eigenvalue weighted by atomic mass is 16.5. The van der Waals surface area contributed by atoms with Crippen molar-refractivity contribution in [2.24, 2.45) is 0 Å². The Balaban J connectivity index is 1.63. The smallest absolute Gasteiger partial charge is 0.323 e. The van der Waals surface area contributed by atoms with Gasteiger partial charge < -0.3 is 19.6 Å². The van der Waals surface area contributed by atoms with Crippen LogP contribution in [0.1, 0.15) is 35.8 Å². The van der Waals surface area contributed by atoms with Crippen molar-refractivity contribution in [1.82, 2.24) is 24.8 Å². The van der Waals surface area contributed by atoms with Gasteiger partial charge in [0, 0.05) is 25.1 Å². The molecular formula is C15H19N5O3. The van der Waals surface area contributed by atoms with Crippen LogP contribution in [0.15, 0.2) is 23.4 Å². The molecule has 1 saturated heterocycles. The van der Waals surface area contributed by atoms with Crippen molar-refractivity contribution in [2.45, 2.75) is 32.3 Å². The zero-order valence-corrected chi connectivity index (χ0v) is 12.9. The summed E-state index contributed by atoms with van der Waals surface area (Å²) in [4.78, 5) is 38.4. The van der Waals surface area contributed by atoms with Crippen molar-refractivity contribution in [3.63, 3.8) is 0 Å². The molecule has 2 N–H and O–H groups in total. The minimum Gasteiger partial charge on any atom is -0.458 e. The zero-order valence-electron chi connectivity index (χ0n) is 12.9. The van der Waals surface area contributed by atoms with Crippen molar-refractivity contribution in [3.8, 4) is 6.01 Å². The number of aryl methyl sites for hydroxylation is 1. The predicted octanol–water partition coefficient (Wildman–Crippen LogP) is 0.739. The van der Waals surface area contributed by atoms with Crippen LogP contribution in [0.25, 0.3) is 0 Å². The number of hydrogen-bond donors (Lipinski definition) is 2. The molecule has 2 aromatic heterocycles. The number of H-pyrrole nitrogens is 2. The molecule has 8 heteroatoms. The number of rotatable bonds is 4. The van der Waals surface area contributed by atoms with Gasteiger partial charge in [-0.25, -0.2) is 14.8 Å². The molecule has 0 spiro atoms. The van der Waals surface area contributed by atoms with Crippen LogP contribution >= 0.6 is 0 Å². The third-order valence-electron chi connectivity index (χ3n) is 3.85. The molecule has 1 aliphatic rings. The molecule has 122 valence electrons. The Labute approximate surface area is 132 Å². The van der Waals surface area contributed by atoms with E-state index in [9.17, 15) is 9.59 Å². The molecule has 8 nitrogen and oxygen atoms in total. The van der Waals surface area contributed by atoms with Crippen LogP contribution in [-0.4, -0.2) is 49.9 Å². The molecule has 23 heavy (non-hydrogen) atoms. The molecule has 1 amide bonds. The van der Waals surface area contributed by atoms with E-state index in [1.807, 2.05) is 6.92 Å². The highest BCUT2D eigenvalue weighted by Gasteiger charge is 2.27. The number of nitrogens with one attached hydrogen (secondary N) is 2. The normalized spacial score (nSPS) is 18.0. The van der Waals surface area contributed by atoms with E-state index in [0.717, 1.165) is 24.8 Å². The second kappa shape index (κ2) is 6.64. The summed E-state index contributed by atoms with van der Waals surface area (Å²) in [6.45, 7) is 3.13. The number of nitrogens with zero attached hydrogens (tertiary/aromatic N) is 3. The van der Waals surface area contributed by atoms with Gasteiger partial charge in [-0.1, -0.05) is 6.92 Å². The van der Waals surface area contributed by atoms with Gasteiger partial charge >= 0.3 is 11.7 Å². The Kier molecular flexibility index (Phi) is 4.40. The first kappa shape index (κ1) is 15.3. The van der Waals surface area contributed by atoms with Gasteiger partial charge in [0.1, 0.15) is 11.8 Å². The van der Waals surface area contributed by atoms with Gasteiger partial charge in [-0.2, -0.15) is 0 Å². The number of amides is 1. The minimum atomic E-state index is -0.387. The molecule has 3 rings (SSSR count). The Morgan fingerprint density at radius 2 is 2.22 bits per heavy atom. The summed E-state index contributed by atoms with van der Waals surface area (Å²) in [5, 5.41) is 0. The molecule has 3 heterocycles. The standard InChI is InChI=1S/C15H19N5O3/c1-2-10-6-17-15(18-7-10)23-11-4-3-5-20(9-11)13(21)12-8-16-14(22)19-12/h6-8,11H,2-5,9H2,1H3,(H2,16,19,22). The molecular weight excluding hydrogens is 298 g/mol.